The molecule has 0 spiro atoms. The second-order valence-corrected chi connectivity index (χ2v) is 9.44. The summed E-state index contributed by atoms with van der Waals surface area (Å²) >= 11 is 18.8. The Hall–Kier alpha value is -1.75. The van der Waals surface area contributed by atoms with E-state index < -0.39 is 11.6 Å². The predicted molar refractivity (Wildman–Crippen MR) is 124 cm³/mol. The summed E-state index contributed by atoms with van der Waals surface area (Å²) in [4.78, 5) is 27.9. The van der Waals surface area contributed by atoms with Gasteiger partial charge in [-0.25, -0.2) is 0 Å². The number of nitrogens with one attached hydrogen (secondary N) is 1. The third kappa shape index (κ3) is 6.90. The standard InChI is InChI=1S/C23H27Cl3N2O2/c1-5-20(22(30)27-23(2,3)4)28(14-17-18(25)10-7-11-19(17)26)21(29)13-15-8-6-9-16(24)12-15/h6-12,20H,5,13-14H2,1-4H3,(H,27,30)/t20-/m1/s1. The van der Waals surface area contributed by atoms with Crippen LogP contribution in [0.4, 0.5) is 0 Å². The maximum atomic E-state index is 13.3. The van der Waals surface area contributed by atoms with E-state index in [9.17, 15) is 9.59 Å². The molecule has 1 atom stereocenters. The Balaban J connectivity index is 2.39. The number of carbonyl (C=O) groups excluding carboxylic acids is 2. The van der Waals surface area contributed by atoms with E-state index in [1.807, 2.05) is 33.8 Å². The zero-order chi connectivity index (χ0) is 22.5. The molecule has 0 heterocycles. The molecule has 0 aliphatic rings. The van der Waals surface area contributed by atoms with Gasteiger partial charge in [-0.1, -0.05) is 59.9 Å². The Bertz CT molecular complexity index is 889. The molecule has 0 bridgehead atoms. The fourth-order valence-electron chi connectivity index (χ4n) is 3.15. The number of hydrogen-bond acceptors (Lipinski definition) is 2. The minimum Gasteiger partial charge on any atom is -0.350 e. The van der Waals surface area contributed by atoms with Gasteiger partial charge >= 0.3 is 0 Å². The molecule has 0 aliphatic carbocycles. The molecule has 7 heteroatoms. The summed E-state index contributed by atoms with van der Waals surface area (Å²) in [5.74, 6) is -0.420. The van der Waals surface area contributed by atoms with Crippen molar-refractivity contribution in [3.05, 3.63) is 68.7 Å². The van der Waals surface area contributed by atoms with Gasteiger partial charge in [0.25, 0.3) is 0 Å². The molecule has 1 N–H and O–H groups in total. The highest BCUT2D eigenvalue weighted by Crippen LogP contribution is 2.27. The Morgan fingerprint density at radius 2 is 1.63 bits per heavy atom. The second kappa shape index (κ2) is 10.5. The van der Waals surface area contributed by atoms with Crippen molar-refractivity contribution in [3.63, 3.8) is 0 Å². The molecule has 0 saturated carbocycles. The topological polar surface area (TPSA) is 49.4 Å². The van der Waals surface area contributed by atoms with E-state index in [1.54, 1.807) is 41.3 Å². The van der Waals surface area contributed by atoms with Gasteiger partial charge in [-0.15, -0.1) is 0 Å². The van der Waals surface area contributed by atoms with Crippen LogP contribution >= 0.6 is 34.8 Å². The highest BCUT2D eigenvalue weighted by atomic mass is 35.5. The van der Waals surface area contributed by atoms with Gasteiger partial charge in [-0.05, 0) is 57.0 Å². The van der Waals surface area contributed by atoms with Gasteiger partial charge in [-0.2, -0.15) is 0 Å². The largest absolute Gasteiger partial charge is 0.350 e. The number of hydrogen-bond donors (Lipinski definition) is 1. The van der Waals surface area contributed by atoms with Crippen LogP contribution in [0.2, 0.25) is 15.1 Å². The lowest BCUT2D eigenvalue weighted by Crippen LogP contribution is -2.53. The summed E-state index contributed by atoms with van der Waals surface area (Å²) in [6.45, 7) is 7.72. The molecule has 162 valence electrons. The van der Waals surface area contributed by atoms with Crippen LogP contribution in [0, 0.1) is 0 Å². The monoisotopic (exact) mass is 468 g/mol. The first-order valence-corrected chi connectivity index (χ1v) is 10.9. The number of halogens is 3. The lowest BCUT2D eigenvalue weighted by molar-refractivity contribution is -0.141. The van der Waals surface area contributed by atoms with Crippen LogP contribution in [0.3, 0.4) is 0 Å². The highest BCUT2D eigenvalue weighted by Gasteiger charge is 2.31. The molecule has 0 aliphatic heterocycles. The zero-order valence-corrected chi connectivity index (χ0v) is 19.9. The summed E-state index contributed by atoms with van der Waals surface area (Å²) < 4.78 is 0. The minimum absolute atomic E-state index is 0.113. The van der Waals surface area contributed by atoms with E-state index in [2.05, 4.69) is 5.32 Å². The average molecular weight is 470 g/mol. The quantitative estimate of drug-likeness (QED) is 0.548. The average Bonchev–Trinajstić information content (AvgIpc) is 2.62. The molecule has 0 radical (unpaired) electrons. The molecule has 0 aromatic heterocycles. The van der Waals surface area contributed by atoms with E-state index in [0.29, 0.717) is 27.1 Å². The van der Waals surface area contributed by atoms with Crippen LogP contribution in [0.15, 0.2) is 42.5 Å². The van der Waals surface area contributed by atoms with E-state index in [4.69, 9.17) is 34.8 Å². The number of nitrogens with zero attached hydrogens (tertiary/aromatic N) is 1. The molecule has 2 aromatic carbocycles. The lowest BCUT2D eigenvalue weighted by Gasteiger charge is -2.33. The smallest absolute Gasteiger partial charge is 0.243 e. The van der Waals surface area contributed by atoms with Gasteiger partial charge in [0, 0.05) is 32.7 Å². The molecular formula is C23H27Cl3N2O2. The van der Waals surface area contributed by atoms with Gasteiger partial charge in [0.1, 0.15) is 6.04 Å². The molecule has 2 aromatic rings. The van der Waals surface area contributed by atoms with Crippen molar-refractivity contribution in [2.45, 2.75) is 58.7 Å². The Kier molecular flexibility index (Phi) is 8.60. The van der Waals surface area contributed by atoms with Crippen molar-refractivity contribution in [1.82, 2.24) is 10.2 Å². The molecule has 2 rings (SSSR count). The van der Waals surface area contributed by atoms with E-state index in [0.717, 1.165) is 5.56 Å². The Morgan fingerprint density at radius 3 is 2.17 bits per heavy atom. The number of benzene rings is 2. The van der Waals surface area contributed by atoms with Gasteiger partial charge in [0.15, 0.2) is 0 Å². The van der Waals surface area contributed by atoms with Crippen LogP contribution in [0.5, 0.6) is 0 Å². The van der Waals surface area contributed by atoms with Crippen molar-refractivity contribution >= 4 is 46.6 Å². The van der Waals surface area contributed by atoms with Crippen LogP contribution in [0.25, 0.3) is 0 Å². The van der Waals surface area contributed by atoms with Crippen molar-refractivity contribution in [3.8, 4) is 0 Å². The minimum atomic E-state index is -0.664. The maximum absolute atomic E-state index is 13.3. The predicted octanol–water partition coefficient (Wildman–Crippen LogP) is 5.91. The van der Waals surface area contributed by atoms with Crippen LogP contribution in [-0.4, -0.2) is 28.3 Å². The van der Waals surface area contributed by atoms with E-state index in [-0.39, 0.29) is 24.8 Å². The van der Waals surface area contributed by atoms with Crippen LogP contribution in [-0.2, 0) is 22.6 Å². The molecular weight excluding hydrogens is 443 g/mol. The van der Waals surface area contributed by atoms with Gasteiger partial charge in [0.2, 0.25) is 11.8 Å². The van der Waals surface area contributed by atoms with Crippen molar-refractivity contribution < 1.29 is 9.59 Å². The highest BCUT2D eigenvalue weighted by molar-refractivity contribution is 6.36. The molecule has 0 unspecified atom stereocenters. The first-order chi connectivity index (χ1) is 14.0. The fourth-order valence-corrected chi connectivity index (χ4v) is 3.88. The summed E-state index contributed by atoms with van der Waals surface area (Å²) in [5.41, 5.74) is 0.963. The molecule has 30 heavy (non-hydrogen) atoms. The Morgan fingerprint density at radius 1 is 1.03 bits per heavy atom. The summed E-state index contributed by atoms with van der Waals surface area (Å²) in [7, 11) is 0. The molecule has 0 saturated heterocycles. The maximum Gasteiger partial charge on any atom is 0.243 e. The van der Waals surface area contributed by atoms with Crippen molar-refractivity contribution in [1.29, 1.82) is 0 Å². The number of rotatable bonds is 7. The first-order valence-electron chi connectivity index (χ1n) is 9.80. The van der Waals surface area contributed by atoms with Crippen molar-refractivity contribution in [2.24, 2.45) is 0 Å². The lowest BCUT2D eigenvalue weighted by atomic mass is 10.0. The second-order valence-electron chi connectivity index (χ2n) is 8.19. The van der Waals surface area contributed by atoms with E-state index >= 15 is 0 Å². The molecule has 0 fully saturated rings. The normalized spacial score (nSPS) is 12.4. The number of amides is 2. The van der Waals surface area contributed by atoms with Crippen LogP contribution in [0.1, 0.15) is 45.2 Å². The third-order valence-electron chi connectivity index (χ3n) is 4.52. The third-order valence-corrected chi connectivity index (χ3v) is 5.46. The van der Waals surface area contributed by atoms with Gasteiger partial charge in [-0.3, -0.25) is 9.59 Å². The zero-order valence-electron chi connectivity index (χ0n) is 17.6. The van der Waals surface area contributed by atoms with Crippen LogP contribution < -0.4 is 5.32 Å². The number of carbonyl (C=O) groups is 2. The first kappa shape index (κ1) is 24.5. The molecule has 2 amide bonds. The summed E-state index contributed by atoms with van der Waals surface area (Å²) in [5, 5.41) is 4.43. The fraction of sp³-hybridized carbons (Fsp3) is 0.391. The van der Waals surface area contributed by atoms with Crippen molar-refractivity contribution in [2.75, 3.05) is 0 Å². The molecule has 4 nitrogen and oxygen atoms in total. The van der Waals surface area contributed by atoms with E-state index in [1.165, 1.54) is 0 Å². The Labute approximate surface area is 193 Å². The van der Waals surface area contributed by atoms with Gasteiger partial charge in [0.05, 0.1) is 6.42 Å². The SMILES string of the molecule is CC[C@H](C(=O)NC(C)(C)C)N(Cc1c(Cl)cccc1Cl)C(=O)Cc1cccc(Cl)c1. The van der Waals surface area contributed by atoms with Gasteiger partial charge < -0.3 is 10.2 Å². The summed E-state index contributed by atoms with van der Waals surface area (Å²) in [6, 6.07) is 11.7. The summed E-state index contributed by atoms with van der Waals surface area (Å²) in [6.07, 6.45) is 0.563.